The van der Waals surface area contributed by atoms with E-state index in [1.54, 1.807) is 18.7 Å². The first kappa shape index (κ1) is 24.0. The average Bonchev–Trinajstić information content (AvgIpc) is 2.67. The molecule has 0 bridgehead atoms. The van der Waals surface area contributed by atoms with E-state index in [-0.39, 0.29) is 11.4 Å². The van der Waals surface area contributed by atoms with Crippen molar-refractivity contribution in [1.82, 2.24) is 5.32 Å². The summed E-state index contributed by atoms with van der Waals surface area (Å²) < 4.78 is 25.3. The van der Waals surface area contributed by atoms with Crippen molar-refractivity contribution in [2.75, 3.05) is 29.4 Å². The molecule has 0 unspecified atom stereocenters. The van der Waals surface area contributed by atoms with Crippen LogP contribution in [-0.4, -0.2) is 44.3 Å². The zero-order chi connectivity index (χ0) is 22.3. The predicted molar refractivity (Wildman–Crippen MR) is 121 cm³/mol. The Morgan fingerprint density at radius 1 is 1.23 bits per heavy atom. The third kappa shape index (κ3) is 7.19. The first-order valence-corrected chi connectivity index (χ1v) is 12.3. The first-order valence-electron chi connectivity index (χ1n) is 8.89. The van der Waals surface area contributed by atoms with Gasteiger partial charge in [0.05, 0.1) is 16.9 Å². The number of nitro benzene ring substituents is 1. The third-order valence-electron chi connectivity index (χ3n) is 4.11. The number of halogens is 1. The van der Waals surface area contributed by atoms with Gasteiger partial charge in [0.1, 0.15) is 6.54 Å². The average molecular weight is 472 g/mol. The van der Waals surface area contributed by atoms with Crippen LogP contribution in [0.1, 0.15) is 11.1 Å². The molecule has 0 fully saturated rings. The summed E-state index contributed by atoms with van der Waals surface area (Å²) in [6.07, 6.45) is 0.959. The Hall–Kier alpha value is -2.30. The number of nitrogens with one attached hydrogen (secondary N) is 1. The van der Waals surface area contributed by atoms with Gasteiger partial charge in [-0.05, 0) is 30.2 Å². The summed E-state index contributed by atoms with van der Waals surface area (Å²) in [7, 11) is -3.82. The highest BCUT2D eigenvalue weighted by Crippen LogP contribution is 2.27. The molecule has 1 N–H and O–H groups in total. The summed E-state index contributed by atoms with van der Waals surface area (Å²) in [5.74, 6) is 0.914. The maximum atomic E-state index is 12.3. The van der Waals surface area contributed by atoms with Crippen molar-refractivity contribution < 1.29 is 18.1 Å². The number of anilines is 1. The van der Waals surface area contributed by atoms with E-state index in [1.807, 2.05) is 24.3 Å². The quantitative estimate of drug-likeness (QED) is 0.323. The van der Waals surface area contributed by atoms with E-state index in [1.165, 1.54) is 12.1 Å². The number of sulfonamides is 1. The molecular weight excluding hydrogens is 450 g/mol. The van der Waals surface area contributed by atoms with Gasteiger partial charge in [-0.15, -0.1) is 0 Å². The van der Waals surface area contributed by atoms with Crippen molar-refractivity contribution in [2.45, 2.75) is 12.7 Å². The number of nitro groups is 1. The van der Waals surface area contributed by atoms with Crippen LogP contribution in [0.25, 0.3) is 0 Å². The molecular formula is C19H22ClN3O5S2. The summed E-state index contributed by atoms with van der Waals surface area (Å²) >= 11 is 7.47. The van der Waals surface area contributed by atoms with Crippen LogP contribution >= 0.6 is 23.4 Å². The summed E-state index contributed by atoms with van der Waals surface area (Å²) in [6.45, 7) is 1.54. The van der Waals surface area contributed by atoms with Crippen LogP contribution < -0.4 is 9.62 Å². The number of rotatable bonds is 10. The molecule has 1 amide bonds. The summed E-state index contributed by atoms with van der Waals surface area (Å²) in [6, 6.07) is 11.4. The second-order valence-corrected chi connectivity index (χ2v) is 9.97. The molecule has 2 rings (SSSR count). The number of non-ortho nitro benzene ring substituents is 1. The number of carbonyl (C=O) groups is 1. The van der Waals surface area contributed by atoms with E-state index in [4.69, 9.17) is 11.6 Å². The van der Waals surface area contributed by atoms with E-state index >= 15 is 0 Å². The minimum absolute atomic E-state index is 0.110. The standard InChI is InChI=1S/C19H22ClN3O5S2/c1-14-3-8-17(23(25)26)11-18(14)22(30(2,27)28)12-19(24)21-9-10-29-13-15-4-6-16(20)7-5-15/h3-8,11H,9-10,12-13H2,1-2H3,(H,21,24). The molecule has 0 aliphatic rings. The summed E-state index contributed by atoms with van der Waals surface area (Å²) in [5.41, 5.74) is 1.49. The summed E-state index contributed by atoms with van der Waals surface area (Å²) in [5, 5.41) is 14.4. The van der Waals surface area contributed by atoms with Gasteiger partial charge in [0.15, 0.2) is 0 Å². The van der Waals surface area contributed by atoms with Gasteiger partial charge < -0.3 is 5.32 Å². The number of aryl methyl sites for hydroxylation is 1. The van der Waals surface area contributed by atoms with Gasteiger partial charge in [-0.2, -0.15) is 11.8 Å². The maximum absolute atomic E-state index is 12.3. The molecule has 11 heteroatoms. The lowest BCUT2D eigenvalue weighted by Gasteiger charge is -2.23. The van der Waals surface area contributed by atoms with Crippen molar-refractivity contribution >= 4 is 50.7 Å². The Labute approximate surface area is 184 Å². The van der Waals surface area contributed by atoms with E-state index in [2.05, 4.69) is 5.32 Å². The first-order chi connectivity index (χ1) is 14.1. The van der Waals surface area contributed by atoms with Crippen molar-refractivity contribution in [2.24, 2.45) is 0 Å². The van der Waals surface area contributed by atoms with Gasteiger partial charge in [-0.3, -0.25) is 19.2 Å². The molecule has 0 atom stereocenters. The van der Waals surface area contributed by atoms with Crippen molar-refractivity contribution in [1.29, 1.82) is 0 Å². The molecule has 0 aromatic heterocycles. The highest BCUT2D eigenvalue weighted by atomic mass is 35.5. The fourth-order valence-electron chi connectivity index (χ4n) is 2.58. The smallest absolute Gasteiger partial charge is 0.271 e. The van der Waals surface area contributed by atoms with Crippen LogP contribution in [-0.2, 0) is 20.6 Å². The van der Waals surface area contributed by atoms with Crippen LogP contribution in [0, 0.1) is 17.0 Å². The molecule has 2 aromatic carbocycles. The molecule has 0 heterocycles. The Kier molecular flexibility index (Phi) is 8.51. The van der Waals surface area contributed by atoms with Crippen LogP contribution in [0.4, 0.5) is 11.4 Å². The fourth-order valence-corrected chi connectivity index (χ4v) is 4.43. The second-order valence-electron chi connectivity index (χ2n) is 6.53. The number of hydrogen-bond acceptors (Lipinski definition) is 6. The zero-order valence-corrected chi connectivity index (χ0v) is 18.9. The van der Waals surface area contributed by atoms with Crippen LogP contribution in [0.3, 0.4) is 0 Å². The number of amides is 1. The number of benzene rings is 2. The van der Waals surface area contributed by atoms with E-state index in [0.717, 1.165) is 27.9 Å². The Morgan fingerprint density at radius 3 is 2.50 bits per heavy atom. The third-order valence-corrected chi connectivity index (χ3v) is 6.52. The van der Waals surface area contributed by atoms with E-state index in [9.17, 15) is 23.3 Å². The highest BCUT2D eigenvalue weighted by molar-refractivity contribution is 7.98. The van der Waals surface area contributed by atoms with E-state index < -0.39 is 27.4 Å². The van der Waals surface area contributed by atoms with Crippen molar-refractivity contribution in [3.8, 4) is 0 Å². The molecule has 0 radical (unpaired) electrons. The minimum atomic E-state index is -3.82. The molecule has 8 nitrogen and oxygen atoms in total. The molecule has 2 aromatic rings. The Balaban J connectivity index is 1.94. The van der Waals surface area contributed by atoms with Crippen molar-refractivity contribution in [3.05, 3.63) is 68.7 Å². The number of nitrogens with zero attached hydrogens (tertiary/aromatic N) is 2. The monoisotopic (exact) mass is 471 g/mol. The lowest BCUT2D eigenvalue weighted by atomic mass is 10.2. The Morgan fingerprint density at radius 2 is 1.90 bits per heavy atom. The van der Waals surface area contributed by atoms with Crippen LogP contribution in [0.5, 0.6) is 0 Å². The molecule has 0 spiro atoms. The second kappa shape index (κ2) is 10.6. The molecule has 0 aliphatic carbocycles. The fraction of sp³-hybridized carbons (Fsp3) is 0.316. The van der Waals surface area contributed by atoms with Gasteiger partial charge in [-0.25, -0.2) is 8.42 Å². The minimum Gasteiger partial charge on any atom is -0.354 e. The maximum Gasteiger partial charge on any atom is 0.271 e. The predicted octanol–water partition coefficient (Wildman–Crippen LogP) is 3.37. The molecule has 162 valence electrons. The molecule has 0 saturated carbocycles. The topological polar surface area (TPSA) is 110 Å². The summed E-state index contributed by atoms with van der Waals surface area (Å²) in [4.78, 5) is 22.7. The lowest BCUT2D eigenvalue weighted by Crippen LogP contribution is -2.41. The zero-order valence-electron chi connectivity index (χ0n) is 16.5. The van der Waals surface area contributed by atoms with Crippen LogP contribution in [0.15, 0.2) is 42.5 Å². The van der Waals surface area contributed by atoms with Gasteiger partial charge in [-0.1, -0.05) is 29.8 Å². The molecule has 30 heavy (non-hydrogen) atoms. The van der Waals surface area contributed by atoms with Gasteiger partial charge >= 0.3 is 0 Å². The number of hydrogen-bond donors (Lipinski definition) is 1. The van der Waals surface area contributed by atoms with Crippen LogP contribution in [0.2, 0.25) is 5.02 Å². The van der Waals surface area contributed by atoms with Gasteiger partial charge in [0, 0.05) is 35.2 Å². The number of carbonyl (C=O) groups excluding carboxylic acids is 1. The Bertz CT molecular complexity index is 1010. The molecule has 0 saturated heterocycles. The number of thioether (sulfide) groups is 1. The largest absolute Gasteiger partial charge is 0.354 e. The normalized spacial score (nSPS) is 11.2. The van der Waals surface area contributed by atoms with Gasteiger partial charge in [0.25, 0.3) is 5.69 Å². The van der Waals surface area contributed by atoms with Gasteiger partial charge in [0.2, 0.25) is 15.9 Å². The lowest BCUT2D eigenvalue weighted by molar-refractivity contribution is -0.384. The van der Waals surface area contributed by atoms with E-state index in [0.29, 0.717) is 22.9 Å². The molecule has 0 aliphatic heterocycles. The SMILES string of the molecule is Cc1ccc([N+](=O)[O-])cc1N(CC(=O)NCCSCc1ccc(Cl)cc1)S(C)(=O)=O. The van der Waals surface area contributed by atoms with Crippen molar-refractivity contribution in [3.63, 3.8) is 0 Å². The highest BCUT2D eigenvalue weighted by Gasteiger charge is 2.24.